The van der Waals surface area contributed by atoms with Crippen LogP contribution in [-0.4, -0.2) is 123 Å². The van der Waals surface area contributed by atoms with Crippen molar-refractivity contribution < 1.29 is 64.3 Å². The first-order chi connectivity index (χ1) is 35.5. The number of hydrogen-bond donors (Lipinski definition) is 8. The number of esters is 2. The molecule has 10 aliphatic rings. The number of hydrogen-bond acceptors (Lipinski definition) is 14. The Bertz CT molecular complexity index is 2470. The maximum absolute atomic E-state index is 15.2. The average Bonchev–Trinajstić information content (AvgIpc) is 3.37. The van der Waals surface area contributed by atoms with Crippen LogP contribution in [0.4, 0.5) is 0 Å². The standard InChI is InChI=1S/C60H81NO13/c1-33-6-5-7-39-29-58-20-16-42(34(2)28-58)46(59(58)21-17-43(52(33)39)49(66)30-59)13-15-51(67)72-55-53(68)54-47(61-31-35(3)64)18-22-60(70,74-54)56(55)73-57(69)41(24-37-9-14-48(65)50(26-37)71-4)27-45-40(32-63)12-11-38-10-8-36(19-23-62)25-44(38)45/h8-10,14,16,18,20,22,24-26,33-35,39-40,42-43,45-47,49,52-56,61-66,68,70H,5-7,11-13,15,17,19,21,23,27-32H2,1-4H3/b41-24+/t33-,34+,35-,39-,40-,42-,43+,45+,46-,47+,49-,52+,53-,54-,55+,56+,58+,59-,60+/m0/s1. The molecule has 2 spiro atoms. The van der Waals surface area contributed by atoms with Gasteiger partial charge in [-0.2, -0.15) is 0 Å². The number of allylic oxidation sites excluding steroid dienone is 2. The minimum atomic E-state index is -2.36. The Labute approximate surface area is 436 Å². The van der Waals surface area contributed by atoms with Crippen LogP contribution in [0.2, 0.25) is 0 Å². The van der Waals surface area contributed by atoms with Crippen LogP contribution in [0, 0.1) is 58.2 Å². The first kappa shape index (κ1) is 53.3. The summed E-state index contributed by atoms with van der Waals surface area (Å²) in [5.74, 6) is -1.71. The summed E-state index contributed by atoms with van der Waals surface area (Å²) in [6, 6.07) is 9.96. The predicted octanol–water partition coefficient (Wildman–Crippen LogP) is 6.44. The molecule has 6 bridgehead atoms. The van der Waals surface area contributed by atoms with E-state index in [2.05, 4.69) is 31.3 Å². The van der Waals surface area contributed by atoms with Crippen molar-refractivity contribution in [3.8, 4) is 11.5 Å². The number of methoxy groups -OCH3 is 1. The number of aryl methyl sites for hydroxylation is 1. The lowest BCUT2D eigenvalue weighted by Crippen LogP contribution is -2.71. The number of benzene rings is 2. The number of fused-ring (bicyclic) bond motifs is 6. The van der Waals surface area contributed by atoms with Gasteiger partial charge in [0.25, 0.3) is 0 Å². The molecule has 2 aromatic rings. The lowest BCUT2D eigenvalue weighted by atomic mass is 9.35. The second-order valence-electron chi connectivity index (χ2n) is 24.1. The topological polar surface area (TPSA) is 225 Å². The molecule has 12 rings (SSSR count). The summed E-state index contributed by atoms with van der Waals surface area (Å²) < 4.78 is 24.4. The van der Waals surface area contributed by atoms with Gasteiger partial charge in [0.15, 0.2) is 23.7 Å². The third-order valence-electron chi connectivity index (χ3n) is 20.0. The van der Waals surface area contributed by atoms with Crippen LogP contribution < -0.4 is 10.1 Å². The van der Waals surface area contributed by atoms with Gasteiger partial charge >= 0.3 is 11.9 Å². The molecule has 8 N–H and O–H groups in total. The average molecular weight is 1020 g/mol. The van der Waals surface area contributed by atoms with E-state index in [1.165, 1.54) is 38.5 Å². The van der Waals surface area contributed by atoms with Gasteiger partial charge in [-0.1, -0.05) is 75.6 Å². The summed E-state index contributed by atoms with van der Waals surface area (Å²) in [4.78, 5) is 29.8. The molecular weight excluding hydrogens is 943 g/mol. The first-order valence-electron chi connectivity index (χ1n) is 27.9. The number of phenolic OH excluding ortho intramolecular Hbond substituents is 1. The van der Waals surface area contributed by atoms with Crippen molar-refractivity contribution in [1.29, 1.82) is 0 Å². The maximum Gasteiger partial charge on any atom is 0.334 e. The van der Waals surface area contributed by atoms with Crippen molar-refractivity contribution in [2.24, 2.45) is 58.2 Å². The van der Waals surface area contributed by atoms with E-state index in [0.717, 1.165) is 48.8 Å². The van der Waals surface area contributed by atoms with Crippen LogP contribution in [0.15, 0.2) is 66.3 Å². The van der Waals surface area contributed by atoms with Gasteiger partial charge in [-0.3, -0.25) is 4.79 Å². The molecule has 2 heterocycles. The third kappa shape index (κ3) is 9.70. The zero-order valence-corrected chi connectivity index (χ0v) is 43.7. The van der Waals surface area contributed by atoms with E-state index in [1.807, 2.05) is 18.2 Å². The van der Waals surface area contributed by atoms with Gasteiger partial charge in [0, 0.05) is 31.8 Å². The Morgan fingerprint density at radius 1 is 0.973 bits per heavy atom. The Morgan fingerprint density at radius 3 is 2.54 bits per heavy atom. The van der Waals surface area contributed by atoms with Gasteiger partial charge in [-0.15, -0.1) is 0 Å². The van der Waals surface area contributed by atoms with Crippen molar-refractivity contribution in [2.45, 2.75) is 165 Å². The zero-order chi connectivity index (χ0) is 52.3. The van der Waals surface area contributed by atoms with E-state index in [1.54, 1.807) is 31.2 Å². The van der Waals surface area contributed by atoms with Gasteiger partial charge < -0.3 is 60.0 Å². The number of phenols is 1. The molecule has 2 aromatic carbocycles. The van der Waals surface area contributed by atoms with E-state index in [4.69, 9.17) is 18.9 Å². The number of nitrogens with one attached hydrogen (secondary N) is 1. The number of ether oxygens (including phenoxy) is 4. The maximum atomic E-state index is 15.2. The smallest absolute Gasteiger partial charge is 0.334 e. The molecule has 5 saturated carbocycles. The highest BCUT2D eigenvalue weighted by Gasteiger charge is 2.67. The van der Waals surface area contributed by atoms with Gasteiger partial charge in [0.05, 0.1) is 25.4 Å². The molecule has 14 heteroatoms. The van der Waals surface area contributed by atoms with Gasteiger partial charge in [0.1, 0.15) is 12.2 Å². The van der Waals surface area contributed by atoms with Crippen molar-refractivity contribution >= 4 is 18.0 Å². The molecule has 14 nitrogen and oxygen atoms in total. The number of aliphatic hydroxyl groups is 6. The fourth-order valence-electron chi connectivity index (χ4n) is 16.6. The molecule has 8 aliphatic carbocycles. The van der Waals surface area contributed by atoms with Crippen molar-refractivity contribution in [1.82, 2.24) is 5.32 Å². The van der Waals surface area contributed by atoms with E-state index in [-0.39, 0.29) is 90.1 Å². The van der Waals surface area contributed by atoms with E-state index < -0.39 is 60.4 Å². The molecule has 0 aromatic heterocycles. The zero-order valence-electron chi connectivity index (χ0n) is 43.7. The van der Waals surface area contributed by atoms with Crippen molar-refractivity contribution in [2.75, 3.05) is 26.9 Å². The first-order valence-corrected chi connectivity index (χ1v) is 27.9. The lowest BCUT2D eigenvalue weighted by molar-refractivity contribution is -0.333. The second-order valence-corrected chi connectivity index (χ2v) is 24.1. The Balaban J connectivity index is 0.959. The Morgan fingerprint density at radius 2 is 1.80 bits per heavy atom. The van der Waals surface area contributed by atoms with E-state index in [9.17, 15) is 40.5 Å². The molecule has 6 fully saturated rings. The highest BCUT2D eigenvalue weighted by atomic mass is 16.7. The quantitative estimate of drug-likeness (QED) is 0.0515. The summed E-state index contributed by atoms with van der Waals surface area (Å²) in [7, 11) is 1.42. The molecule has 1 saturated heterocycles. The van der Waals surface area contributed by atoms with Gasteiger partial charge in [0.2, 0.25) is 5.79 Å². The van der Waals surface area contributed by atoms with Crippen LogP contribution in [0.1, 0.15) is 126 Å². The SMILES string of the molecule is COc1cc(/C=C(\C[C@H]2c3cc(CCO)ccc3CC[C@H]2CO)C(=O)O[C@@H]2[C@H](OC(=O)CC[C@H]3[C@H]4C=C[C@]5(C[C@@H]6CCC[C@H](C)[C@H]6[C@@H]6CC[C@]35C[C@@H]6O)C[C@H]4C)[C@@H](O)[C@H]3O[C@]2(O)C=C[C@H]3NC[C@H](C)O)ccc1O. The normalized spacial score (nSPS) is 40.2. The van der Waals surface area contributed by atoms with E-state index >= 15 is 4.79 Å². The molecule has 0 radical (unpaired) electrons. The second kappa shape index (κ2) is 21.4. The fourth-order valence-corrected chi connectivity index (χ4v) is 16.6. The van der Waals surface area contributed by atoms with Crippen LogP contribution >= 0.6 is 0 Å². The lowest BCUT2D eigenvalue weighted by Gasteiger charge is -2.69. The Hall–Kier alpha value is -4.12. The van der Waals surface area contributed by atoms with Crippen LogP contribution in [-0.2, 0) is 36.6 Å². The minimum absolute atomic E-state index is 0.00525. The summed E-state index contributed by atoms with van der Waals surface area (Å²) >= 11 is 0. The van der Waals surface area contributed by atoms with Crippen LogP contribution in [0.3, 0.4) is 0 Å². The highest BCUT2D eigenvalue weighted by Crippen LogP contribution is 2.73. The number of aromatic hydroxyl groups is 1. The molecule has 0 unspecified atom stereocenters. The Kier molecular flexibility index (Phi) is 15.4. The van der Waals surface area contributed by atoms with Gasteiger partial charge in [-0.05, 0) is 182 Å². The number of carbonyl (C=O) groups excluding carboxylic acids is 2. The van der Waals surface area contributed by atoms with Crippen molar-refractivity contribution in [3.05, 3.63) is 88.5 Å². The molecular formula is C60H81NO13. The monoisotopic (exact) mass is 1020 g/mol. The van der Waals surface area contributed by atoms with E-state index in [0.29, 0.717) is 54.9 Å². The molecule has 404 valence electrons. The number of aliphatic hydroxyl groups excluding tert-OH is 5. The molecule has 74 heavy (non-hydrogen) atoms. The highest BCUT2D eigenvalue weighted by molar-refractivity contribution is 5.94. The summed E-state index contributed by atoms with van der Waals surface area (Å²) in [6.45, 7) is 6.29. The van der Waals surface area contributed by atoms with Crippen molar-refractivity contribution in [3.63, 3.8) is 0 Å². The third-order valence-corrected chi connectivity index (χ3v) is 20.0. The van der Waals surface area contributed by atoms with Crippen LogP contribution in [0.25, 0.3) is 6.08 Å². The molecule has 0 amide bonds. The number of rotatable bonds is 16. The largest absolute Gasteiger partial charge is 0.504 e. The molecule has 19 atom stereocenters. The molecule has 2 aliphatic heterocycles. The summed E-state index contributed by atoms with van der Waals surface area (Å²) in [5.41, 5.74) is 3.29. The number of carbonyl (C=O) groups is 2. The van der Waals surface area contributed by atoms with Crippen LogP contribution in [0.5, 0.6) is 11.5 Å². The fraction of sp³-hybridized carbons (Fsp3) is 0.667. The summed E-state index contributed by atoms with van der Waals surface area (Å²) in [5, 5.41) is 81.5. The predicted molar refractivity (Wildman–Crippen MR) is 276 cm³/mol. The van der Waals surface area contributed by atoms with Gasteiger partial charge in [-0.25, -0.2) is 4.79 Å². The summed E-state index contributed by atoms with van der Waals surface area (Å²) in [6.07, 6.45) is 13.2. The minimum Gasteiger partial charge on any atom is -0.504 e.